The van der Waals surface area contributed by atoms with E-state index in [4.69, 9.17) is 9.47 Å². The van der Waals surface area contributed by atoms with Crippen LogP contribution < -0.4 is 9.46 Å². The summed E-state index contributed by atoms with van der Waals surface area (Å²) < 4.78 is 43.0. The Morgan fingerprint density at radius 3 is 2.76 bits per heavy atom. The lowest BCUT2D eigenvalue weighted by Crippen LogP contribution is -2.51. The SMILES string of the molecule is COC(=O)C[C@@H]1CC[C@@H](NS(=O)(=O)c2cccc(OC)c2)[C@@H](CO)O1. The molecule has 1 aromatic rings. The predicted octanol–water partition coefficient (Wildman–Crippen LogP) is 0.445. The molecule has 2 N–H and O–H groups in total. The Kier molecular flexibility index (Phi) is 6.77. The van der Waals surface area contributed by atoms with E-state index in [-0.39, 0.29) is 17.9 Å². The van der Waals surface area contributed by atoms with Crippen molar-refractivity contribution in [1.82, 2.24) is 4.72 Å². The second-order valence-corrected chi connectivity index (χ2v) is 7.46. The average Bonchev–Trinajstić information content (AvgIpc) is 2.62. The number of nitrogens with one attached hydrogen (secondary N) is 1. The lowest BCUT2D eigenvalue weighted by Gasteiger charge is -2.35. The van der Waals surface area contributed by atoms with Crippen molar-refractivity contribution in [3.63, 3.8) is 0 Å². The smallest absolute Gasteiger partial charge is 0.308 e. The van der Waals surface area contributed by atoms with E-state index < -0.39 is 34.2 Å². The number of methoxy groups -OCH3 is 2. The van der Waals surface area contributed by atoms with Gasteiger partial charge >= 0.3 is 5.97 Å². The number of hydrogen-bond acceptors (Lipinski definition) is 7. The third kappa shape index (κ3) is 5.15. The third-order valence-electron chi connectivity index (χ3n) is 4.08. The van der Waals surface area contributed by atoms with Gasteiger partial charge in [-0.25, -0.2) is 13.1 Å². The summed E-state index contributed by atoms with van der Waals surface area (Å²) >= 11 is 0. The van der Waals surface area contributed by atoms with Crippen LogP contribution in [0.5, 0.6) is 5.75 Å². The zero-order chi connectivity index (χ0) is 18.4. The maximum absolute atomic E-state index is 12.6. The summed E-state index contributed by atoms with van der Waals surface area (Å²) in [5.41, 5.74) is 0. The Bertz CT molecular complexity index is 691. The number of esters is 1. The number of hydrogen-bond donors (Lipinski definition) is 2. The van der Waals surface area contributed by atoms with Crippen LogP contribution in [0.3, 0.4) is 0 Å². The van der Waals surface area contributed by atoms with Gasteiger partial charge in [0.25, 0.3) is 0 Å². The van der Waals surface area contributed by atoms with Gasteiger partial charge < -0.3 is 19.3 Å². The van der Waals surface area contributed by atoms with E-state index in [1.165, 1.54) is 26.4 Å². The Balaban J connectivity index is 2.07. The number of carbonyl (C=O) groups excluding carboxylic acids is 1. The molecule has 1 fully saturated rings. The highest BCUT2D eigenvalue weighted by atomic mass is 32.2. The molecule has 1 aromatic carbocycles. The van der Waals surface area contributed by atoms with E-state index in [9.17, 15) is 18.3 Å². The molecule has 0 saturated carbocycles. The van der Waals surface area contributed by atoms with Crippen molar-refractivity contribution in [3.8, 4) is 5.75 Å². The molecule has 140 valence electrons. The molecular weight excluding hydrogens is 350 g/mol. The molecule has 1 aliphatic heterocycles. The molecular formula is C16H23NO7S. The largest absolute Gasteiger partial charge is 0.497 e. The van der Waals surface area contributed by atoms with Gasteiger partial charge in [-0.05, 0) is 25.0 Å². The Hall–Kier alpha value is -1.68. The first-order valence-corrected chi connectivity index (χ1v) is 9.37. The second-order valence-electron chi connectivity index (χ2n) is 5.74. The van der Waals surface area contributed by atoms with E-state index in [1.54, 1.807) is 12.1 Å². The molecule has 8 nitrogen and oxygen atoms in total. The Labute approximate surface area is 147 Å². The molecule has 0 spiro atoms. The van der Waals surface area contributed by atoms with E-state index >= 15 is 0 Å². The third-order valence-corrected chi connectivity index (χ3v) is 5.56. The molecule has 0 radical (unpaired) electrons. The summed E-state index contributed by atoms with van der Waals surface area (Å²) in [6.45, 7) is -0.358. The molecule has 0 aliphatic carbocycles. The van der Waals surface area contributed by atoms with E-state index in [2.05, 4.69) is 9.46 Å². The minimum absolute atomic E-state index is 0.0697. The monoisotopic (exact) mass is 373 g/mol. The summed E-state index contributed by atoms with van der Waals surface area (Å²) in [4.78, 5) is 11.4. The number of aliphatic hydroxyl groups is 1. The molecule has 0 unspecified atom stereocenters. The maximum atomic E-state index is 12.6. The van der Waals surface area contributed by atoms with Crippen LogP contribution >= 0.6 is 0 Å². The lowest BCUT2D eigenvalue weighted by molar-refractivity contribution is -0.149. The van der Waals surface area contributed by atoms with Gasteiger partial charge in [-0.2, -0.15) is 0 Å². The highest BCUT2D eigenvalue weighted by Crippen LogP contribution is 2.24. The highest BCUT2D eigenvalue weighted by Gasteiger charge is 2.34. The van der Waals surface area contributed by atoms with Gasteiger partial charge in [0.2, 0.25) is 10.0 Å². The van der Waals surface area contributed by atoms with E-state index in [1.807, 2.05) is 0 Å². The molecule has 9 heteroatoms. The topological polar surface area (TPSA) is 111 Å². The van der Waals surface area contributed by atoms with Crippen molar-refractivity contribution in [2.45, 2.75) is 42.4 Å². The van der Waals surface area contributed by atoms with E-state index in [0.29, 0.717) is 18.6 Å². The van der Waals surface area contributed by atoms with Crippen LogP contribution in [0, 0.1) is 0 Å². The van der Waals surface area contributed by atoms with Crippen LogP contribution in [0.15, 0.2) is 29.2 Å². The first-order valence-electron chi connectivity index (χ1n) is 7.89. The van der Waals surface area contributed by atoms with Crippen molar-refractivity contribution in [1.29, 1.82) is 0 Å². The fraction of sp³-hybridized carbons (Fsp3) is 0.562. The van der Waals surface area contributed by atoms with Crippen LogP contribution in [0.25, 0.3) is 0 Å². The number of sulfonamides is 1. The van der Waals surface area contributed by atoms with Crippen LogP contribution in [-0.4, -0.2) is 58.6 Å². The van der Waals surface area contributed by atoms with Gasteiger partial charge in [0.05, 0.1) is 50.4 Å². The molecule has 25 heavy (non-hydrogen) atoms. The normalized spacial score (nSPS) is 23.9. The summed E-state index contributed by atoms with van der Waals surface area (Å²) in [7, 11) is -1.05. The van der Waals surface area contributed by atoms with Crippen molar-refractivity contribution in [3.05, 3.63) is 24.3 Å². The fourth-order valence-corrected chi connectivity index (χ4v) is 4.05. The standard InChI is InChI=1S/C16H23NO7S/c1-22-11-4-3-5-13(8-11)25(20,21)17-14-7-6-12(9-16(19)23-2)24-15(14)10-18/h3-5,8,12,14-15,17-18H,6-7,9-10H2,1-2H3/t12-,14+,15+/m0/s1. The number of benzene rings is 1. The molecule has 1 saturated heterocycles. The van der Waals surface area contributed by atoms with Crippen LogP contribution in [0.1, 0.15) is 19.3 Å². The van der Waals surface area contributed by atoms with Gasteiger partial charge in [0, 0.05) is 6.07 Å². The lowest BCUT2D eigenvalue weighted by atomic mass is 9.98. The number of ether oxygens (including phenoxy) is 3. The van der Waals surface area contributed by atoms with Crippen LogP contribution in [-0.2, 0) is 24.3 Å². The molecule has 1 heterocycles. The first-order chi connectivity index (χ1) is 11.9. The Morgan fingerprint density at radius 1 is 1.36 bits per heavy atom. The molecule has 3 atom stereocenters. The quantitative estimate of drug-likeness (QED) is 0.667. The van der Waals surface area contributed by atoms with Crippen molar-refractivity contribution < 1.29 is 32.5 Å². The minimum atomic E-state index is -3.79. The zero-order valence-corrected chi connectivity index (χ0v) is 15.0. The van der Waals surface area contributed by atoms with Gasteiger partial charge in [0.1, 0.15) is 5.75 Å². The number of rotatable bonds is 7. The summed E-state index contributed by atoms with van der Waals surface area (Å²) in [6.07, 6.45) is -0.138. The van der Waals surface area contributed by atoms with Crippen LogP contribution in [0.4, 0.5) is 0 Å². The highest BCUT2D eigenvalue weighted by molar-refractivity contribution is 7.89. The average molecular weight is 373 g/mol. The fourth-order valence-electron chi connectivity index (χ4n) is 2.72. The van der Waals surface area contributed by atoms with Gasteiger partial charge in [-0.3, -0.25) is 4.79 Å². The zero-order valence-electron chi connectivity index (χ0n) is 14.2. The van der Waals surface area contributed by atoms with Crippen molar-refractivity contribution in [2.24, 2.45) is 0 Å². The van der Waals surface area contributed by atoms with Gasteiger partial charge in [0.15, 0.2) is 0 Å². The Morgan fingerprint density at radius 2 is 2.12 bits per heavy atom. The van der Waals surface area contributed by atoms with E-state index in [0.717, 1.165) is 0 Å². The molecule has 0 aromatic heterocycles. The molecule has 0 amide bonds. The molecule has 2 rings (SSSR count). The molecule has 0 bridgehead atoms. The first kappa shape index (κ1) is 19.6. The summed E-state index contributed by atoms with van der Waals surface area (Å²) in [5, 5.41) is 9.52. The van der Waals surface area contributed by atoms with Gasteiger partial charge in [-0.15, -0.1) is 0 Å². The maximum Gasteiger partial charge on any atom is 0.308 e. The van der Waals surface area contributed by atoms with Crippen molar-refractivity contribution in [2.75, 3.05) is 20.8 Å². The number of aliphatic hydroxyl groups excluding tert-OH is 1. The van der Waals surface area contributed by atoms with Crippen molar-refractivity contribution >= 4 is 16.0 Å². The minimum Gasteiger partial charge on any atom is -0.497 e. The predicted molar refractivity (Wildman–Crippen MR) is 88.7 cm³/mol. The summed E-state index contributed by atoms with van der Waals surface area (Å²) in [6, 6.07) is 5.52. The van der Waals surface area contributed by atoms with Gasteiger partial charge in [-0.1, -0.05) is 6.07 Å². The molecule has 1 aliphatic rings. The second kappa shape index (κ2) is 8.61. The van der Waals surface area contributed by atoms with Crippen LogP contribution in [0.2, 0.25) is 0 Å². The summed E-state index contributed by atoms with van der Waals surface area (Å²) in [5.74, 6) is 0.0247. The number of carbonyl (C=O) groups is 1.